The smallest absolute Gasteiger partial charge is 0.337 e. The van der Waals surface area contributed by atoms with Gasteiger partial charge in [0.15, 0.2) is 0 Å². The molecule has 0 amide bonds. The first-order valence-electron chi connectivity index (χ1n) is 11.5. The Hall–Kier alpha value is -2.50. The summed E-state index contributed by atoms with van der Waals surface area (Å²) in [5, 5.41) is 12.9. The van der Waals surface area contributed by atoms with Gasteiger partial charge in [0.2, 0.25) is 0 Å². The highest BCUT2D eigenvalue weighted by Crippen LogP contribution is 2.50. The van der Waals surface area contributed by atoms with Crippen molar-refractivity contribution in [2.45, 2.75) is 51.2 Å². The van der Waals surface area contributed by atoms with Crippen LogP contribution in [0.4, 0.5) is 0 Å². The zero-order chi connectivity index (χ0) is 21.4. The van der Waals surface area contributed by atoms with Crippen molar-refractivity contribution in [3.05, 3.63) is 71.1 Å². The fraction of sp³-hybridized carbons (Fsp3) is 0.462. The molecule has 1 aliphatic heterocycles. The Kier molecular flexibility index (Phi) is 5.40. The molecule has 1 saturated heterocycles. The number of carbonyl (C=O) groups is 1. The molecule has 0 radical (unpaired) electrons. The third kappa shape index (κ3) is 4.43. The number of pyridine rings is 1. The Morgan fingerprint density at radius 3 is 2.65 bits per heavy atom. The number of carboxylic acids is 1. The predicted octanol–water partition coefficient (Wildman–Crippen LogP) is 4.22. The third-order valence-corrected chi connectivity index (χ3v) is 7.21. The van der Waals surface area contributed by atoms with Crippen molar-refractivity contribution in [1.82, 2.24) is 15.2 Å². The number of likely N-dealkylation sites (tertiary alicyclic amines) is 1. The molecule has 5 rings (SSSR count). The molecule has 2 aromatic rings. The summed E-state index contributed by atoms with van der Waals surface area (Å²) in [6, 6.07) is 15.5. The summed E-state index contributed by atoms with van der Waals surface area (Å²) in [7, 11) is 0. The second-order valence-corrected chi connectivity index (χ2v) is 9.69. The van der Waals surface area contributed by atoms with Gasteiger partial charge >= 0.3 is 5.97 Å². The van der Waals surface area contributed by atoms with Crippen LogP contribution >= 0.6 is 0 Å². The van der Waals surface area contributed by atoms with Crippen LogP contribution in [0.1, 0.15) is 54.2 Å². The highest BCUT2D eigenvalue weighted by atomic mass is 16.4. The van der Waals surface area contributed by atoms with Crippen molar-refractivity contribution in [2.24, 2.45) is 11.3 Å². The lowest BCUT2D eigenvalue weighted by molar-refractivity contribution is -0.0838. The maximum atomic E-state index is 10.9. The van der Waals surface area contributed by atoms with Crippen LogP contribution in [0.2, 0.25) is 0 Å². The van der Waals surface area contributed by atoms with E-state index in [0.717, 1.165) is 31.7 Å². The Labute approximate surface area is 184 Å². The minimum Gasteiger partial charge on any atom is -0.478 e. The Morgan fingerprint density at radius 1 is 1.23 bits per heavy atom. The number of carboxylic acid groups (broad SMARTS) is 1. The fourth-order valence-corrected chi connectivity index (χ4v) is 5.58. The lowest BCUT2D eigenvalue weighted by Gasteiger charge is -2.59. The number of rotatable bonds is 8. The van der Waals surface area contributed by atoms with Crippen LogP contribution in [0.15, 0.2) is 54.2 Å². The van der Waals surface area contributed by atoms with E-state index >= 15 is 0 Å². The van der Waals surface area contributed by atoms with Gasteiger partial charge < -0.3 is 10.4 Å². The molecule has 2 saturated carbocycles. The number of aromatic carboxylic acids is 1. The summed E-state index contributed by atoms with van der Waals surface area (Å²) in [6.45, 7) is 5.36. The van der Waals surface area contributed by atoms with Crippen LogP contribution in [0.3, 0.4) is 0 Å². The summed E-state index contributed by atoms with van der Waals surface area (Å²) in [4.78, 5) is 17.7. The molecule has 3 fully saturated rings. The summed E-state index contributed by atoms with van der Waals surface area (Å²) in [5.74, 6) is -0.214. The largest absolute Gasteiger partial charge is 0.478 e. The molecule has 2 aliphatic carbocycles. The van der Waals surface area contributed by atoms with Crippen molar-refractivity contribution in [2.75, 3.05) is 13.1 Å². The molecule has 5 heteroatoms. The minimum atomic E-state index is -0.922. The Balaban J connectivity index is 1.05. The summed E-state index contributed by atoms with van der Waals surface area (Å²) in [6.07, 6.45) is 8.81. The molecule has 2 heterocycles. The van der Waals surface area contributed by atoms with Gasteiger partial charge in [-0.3, -0.25) is 9.88 Å². The van der Waals surface area contributed by atoms with Gasteiger partial charge in [0, 0.05) is 37.9 Å². The van der Waals surface area contributed by atoms with E-state index in [1.165, 1.54) is 31.0 Å². The van der Waals surface area contributed by atoms with E-state index in [1.807, 2.05) is 6.07 Å². The van der Waals surface area contributed by atoms with Crippen LogP contribution in [0, 0.1) is 11.3 Å². The molecular weight excluding hydrogens is 386 g/mol. The maximum Gasteiger partial charge on any atom is 0.337 e. The Morgan fingerprint density at radius 2 is 2.00 bits per heavy atom. The van der Waals surface area contributed by atoms with E-state index in [9.17, 15) is 4.79 Å². The second-order valence-electron chi connectivity index (χ2n) is 9.69. The van der Waals surface area contributed by atoms with Gasteiger partial charge in [-0.15, -0.1) is 0 Å². The number of nitrogens with zero attached hydrogens (tertiary/aromatic N) is 2. The summed E-state index contributed by atoms with van der Waals surface area (Å²) >= 11 is 0. The monoisotopic (exact) mass is 417 g/mol. The topological polar surface area (TPSA) is 65.5 Å². The molecular formula is C26H31N3O2. The highest BCUT2D eigenvalue weighted by Gasteiger charge is 2.53. The van der Waals surface area contributed by atoms with Crippen molar-refractivity contribution < 1.29 is 9.90 Å². The van der Waals surface area contributed by atoms with Gasteiger partial charge in [0.1, 0.15) is 0 Å². The van der Waals surface area contributed by atoms with Crippen LogP contribution < -0.4 is 5.32 Å². The third-order valence-electron chi connectivity index (χ3n) is 7.21. The van der Waals surface area contributed by atoms with E-state index in [2.05, 4.69) is 58.5 Å². The quantitative estimate of drug-likeness (QED) is 0.673. The standard InChI is InChI=1S/C26H31N3O2/c1-2-19(10-18-6-4-3-5-7-18)23-11-24(23)28-22-12-26(13-22)16-29(17-26)15-21-9-8-20(14-27-21)25(30)31/h3-10,14,22-24,28H,2,11-13,15-17H2,1H3,(H,30,31)/t23-,24+/m0/s1. The normalized spacial score (nSPS) is 25.1. The van der Waals surface area contributed by atoms with Crippen LogP contribution in [-0.4, -0.2) is 46.1 Å². The van der Waals surface area contributed by atoms with Crippen molar-refractivity contribution >= 4 is 12.0 Å². The average molecular weight is 418 g/mol. The van der Waals surface area contributed by atoms with Gasteiger partial charge in [-0.1, -0.05) is 48.9 Å². The average Bonchev–Trinajstić information content (AvgIpc) is 3.49. The predicted molar refractivity (Wildman–Crippen MR) is 122 cm³/mol. The molecule has 162 valence electrons. The fourth-order valence-electron chi connectivity index (χ4n) is 5.58. The zero-order valence-electron chi connectivity index (χ0n) is 18.1. The van der Waals surface area contributed by atoms with Crippen LogP contribution in [-0.2, 0) is 6.54 Å². The van der Waals surface area contributed by atoms with Gasteiger partial charge in [-0.05, 0) is 54.7 Å². The van der Waals surface area contributed by atoms with Crippen LogP contribution in [0.5, 0.6) is 0 Å². The van der Waals surface area contributed by atoms with Gasteiger partial charge in [0.25, 0.3) is 0 Å². The van der Waals surface area contributed by atoms with E-state index in [4.69, 9.17) is 5.11 Å². The Bertz CT molecular complexity index is 956. The van der Waals surface area contributed by atoms with Gasteiger partial charge in [0.05, 0.1) is 11.3 Å². The molecule has 0 unspecified atom stereocenters. The summed E-state index contributed by atoms with van der Waals surface area (Å²) in [5.41, 5.74) is 4.59. The SMILES string of the molecule is CCC(=Cc1ccccc1)[C@@H]1C[C@H]1NC1CC2(C1)CN(Cc1ccc(C(=O)O)cn1)C2. The van der Waals surface area contributed by atoms with Crippen molar-refractivity contribution in [3.8, 4) is 0 Å². The highest BCUT2D eigenvalue weighted by molar-refractivity contribution is 5.87. The van der Waals surface area contributed by atoms with Crippen molar-refractivity contribution in [3.63, 3.8) is 0 Å². The molecule has 5 nitrogen and oxygen atoms in total. The molecule has 31 heavy (non-hydrogen) atoms. The van der Waals surface area contributed by atoms with E-state index in [1.54, 1.807) is 11.6 Å². The summed E-state index contributed by atoms with van der Waals surface area (Å²) < 4.78 is 0. The van der Waals surface area contributed by atoms with Gasteiger partial charge in [-0.2, -0.15) is 0 Å². The first-order chi connectivity index (χ1) is 15.0. The number of benzene rings is 1. The number of hydrogen-bond acceptors (Lipinski definition) is 4. The molecule has 0 bridgehead atoms. The van der Waals surface area contributed by atoms with Gasteiger partial charge in [-0.25, -0.2) is 4.79 Å². The molecule has 1 aromatic carbocycles. The minimum absolute atomic E-state index is 0.250. The second kappa shape index (κ2) is 8.21. The van der Waals surface area contributed by atoms with Crippen LogP contribution in [0.25, 0.3) is 6.08 Å². The number of aromatic nitrogens is 1. The lowest BCUT2D eigenvalue weighted by atomic mass is 9.60. The van der Waals surface area contributed by atoms with E-state index in [0.29, 0.717) is 23.4 Å². The first-order valence-corrected chi connectivity index (χ1v) is 11.5. The molecule has 3 aliphatic rings. The molecule has 2 N–H and O–H groups in total. The maximum absolute atomic E-state index is 10.9. The zero-order valence-corrected chi connectivity index (χ0v) is 18.1. The van der Waals surface area contributed by atoms with Crippen molar-refractivity contribution in [1.29, 1.82) is 0 Å². The molecule has 1 aromatic heterocycles. The molecule has 1 spiro atoms. The van der Waals surface area contributed by atoms with E-state index in [-0.39, 0.29) is 5.56 Å². The first kappa shape index (κ1) is 20.4. The number of nitrogens with one attached hydrogen (secondary N) is 1. The number of hydrogen-bond donors (Lipinski definition) is 2. The molecule has 2 atom stereocenters. The van der Waals surface area contributed by atoms with E-state index < -0.39 is 5.97 Å². The lowest BCUT2D eigenvalue weighted by Crippen LogP contribution is -2.65.